The SMILES string of the molecule is CCCNC(c1c(F)ccc(C)c1F)C1(OC)CCC1. The third kappa shape index (κ3) is 2.59. The summed E-state index contributed by atoms with van der Waals surface area (Å²) in [6, 6.07) is 2.39. The Morgan fingerprint density at radius 2 is 2.05 bits per heavy atom. The van der Waals surface area contributed by atoms with E-state index in [0.717, 1.165) is 25.7 Å². The Bertz CT molecular complexity index is 466. The van der Waals surface area contributed by atoms with Crippen LogP contribution in [0.1, 0.15) is 49.8 Å². The highest BCUT2D eigenvalue weighted by Crippen LogP contribution is 2.46. The van der Waals surface area contributed by atoms with Crippen molar-refractivity contribution < 1.29 is 13.5 Å². The second-order valence-electron chi connectivity index (χ2n) is 5.60. The van der Waals surface area contributed by atoms with Gasteiger partial charge < -0.3 is 10.1 Å². The molecule has 1 aliphatic rings. The Morgan fingerprint density at radius 3 is 2.55 bits per heavy atom. The van der Waals surface area contributed by atoms with Crippen LogP contribution in [-0.2, 0) is 4.74 Å². The molecule has 1 atom stereocenters. The van der Waals surface area contributed by atoms with Gasteiger partial charge in [-0.3, -0.25) is 0 Å². The molecule has 1 aromatic rings. The van der Waals surface area contributed by atoms with Crippen LogP contribution in [0.15, 0.2) is 12.1 Å². The number of halogens is 2. The van der Waals surface area contributed by atoms with Gasteiger partial charge in [-0.1, -0.05) is 13.0 Å². The summed E-state index contributed by atoms with van der Waals surface area (Å²) >= 11 is 0. The summed E-state index contributed by atoms with van der Waals surface area (Å²) in [6.07, 6.45) is 3.61. The van der Waals surface area contributed by atoms with Crippen molar-refractivity contribution in [2.24, 2.45) is 0 Å². The van der Waals surface area contributed by atoms with Gasteiger partial charge in [-0.15, -0.1) is 0 Å². The molecule has 0 aliphatic heterocycles. The highest BCUT2D eigenvalue weighted by Gasteiger charge is 2.47. The average molecular weight is 283 g/mol. The normalized spacial score (nSPS) is 18.6. The lowest BCUT2D eigenvalue weighted by Crippen LogP contribution is -2.51. The molecule has 0 bridgehead atoms. The van der Waals surface area contributed by atoms with Crippen LogP contribution in [0, 0.1) is 18.6 Å². The summed E-state index contributed by atoms with van der Waals surface area (Å²) in [6.45, 7) is 4.41. The van der Waals surface area contributed by atoms with Gasteiger partial charge in [-0.25, -0.2) is 8.78 Å². The summed E-state index contributed by atoms with van der Waals surface area (Å²) in [5.41, 5.74) is 0.111. The first-order chi connectivity index (χ1) is 9.55. The fourth-order valence-electron chi connectivity index (χ4n) is 2.92. The Morgan fingerprint density at radius 1 is 1.35 bits per heavy atom. The van der Waals surface area contributed by atoms with Crippen molar-refractivity contribution in [2.45, 2.75) is 51.2 Å². The van der Waals surface area contributed by atoms with Gasteiger partial charge in [0, 0.05) is 12.7 Å². The smallest absolute Gasteiger partial charge is 0.133 e. The topological polar surface area (TPSA) is 21.3 Å². The van der Waals surface area contributed by atoms with Gasteiger partial charge in [-0.2, -0.15) is 0 Å². The molecule has 1 aromatic carbocycles. The zero-order valence-electron chi connectivity index (χ0n) is 12.4. The third-order valence-electron chi connectivity index (χ3n) is 4.34. The van der Waals surface area contributed by atoms with Gasteiger partial charge in [0.05, 0.1) is 11.6 Å². The van der Waals surface area contributed by atoms with Crippen LogP contribution in [0.25, 0.3) is 0 Å². The van der Waals surface area contributed by atoms with E-state index in [-0.39, 0.29) is 5.56 Å². The quantitative estimate of drug-likeness (QED) is 0.855. The van der Waals surface area contributed by atoms with Gasteiger partial charge in [0.2, 0.25) is 0 Å². The standard InChI is InChI=1S/C16H23F2NO/c1-4-10-19-15(16(20-3)8-5-9-16)13-12(17)7-6-11(2)14(13)18/h6-7,15,19H,4-5,8-10H2,1-3H3. The van der Waals surface area contributed by atoms with Gasteiger partial charge in [0.1, 0.15) is 11.6 Å². The van der Waals surface area contributed by atoms with E-state index in [0.29, 0.717) is 12.1 Å². The lowest BCUT2D eigenvalue weighted by molar-refractivity contribution is -0.101. The van der Waals surface area contributed by atoms with Crippen molar-refractivity contribution in [1.29, 1.82) is 0 Å². The van der Waals surface area contributed by atoms with E-state index >= 15 is 0 Å². The van der Waals surface area contributed by atoms with Gasteiger partial charge in [0.15, 0.2) is 0 Å². The molecule has 2 rings (SSSR count). The van der Waals surface area contributed by atoms with Crippen LogP contribution in [-0.4, -0.2) is 19.3 Å². The lowest BCUT2D eigenvalue weighted by atomic mass is 9.71. The van der Waals surface area contributed by atoms with Crippen LogP contribution < -0.4 is 5.32 Å². The molecule has 0 saturated heterocycles. The van der Waals surface area contributed by atoms with Crippen molar-refractivity contribution in [3.63, 3.8) is 0 Å². The molecular weight excluding hydrogens is 260 g/mol. The summed E-state index contributed by atoms with van der Waals surface area (Å²) in [5.74, 6) is -0.952. The van der Waals surface area contributed by atoms with Crippen molar-refractivity contribution in [3.05, 3.63) is 34.9 Å². The minimum atomic E-state index is -0.495. The second-order valence-corrected chi connectivity index (χ2v) is 5.60. The van der Waals surface area contributed by atoms with E-state index in [4.69, 9.17) is 4.74 Å². The highest BCUT2D eigenvalue weighted by atomic mass is 19.1. The number of ether oxygens (including phenoxy) is 1. The van der Waals surface area contributed by atoms with Crippen LogP contribution >= 0.6 is 0 Å². The summed E-state index contributed by atoms with van der Waals surface area (Å²) in [4.78, 5) is 0. The number of hydrogen-bond acceptors (Lipinski definition) is 2. The van der Waals surface area contributed by atoms with Crippen molar-refractivity contribution in [3.8, 4) is 0 Å². The molecule has 1 N–H and O–H groups in total. The summed E-state index contributed by atoms with van der Waals surface area (Å²) in [5, 5.41) is 3.28. The maximum atomic E-state index is 14.4. The predicted octanol–water partition coefficient (Wildman–Crippen LogP) is 3.88. The zero-order valence-corrected chi connectivity index (χ0v) is 12.4. The Kier molecular flexibility index (Phi) is 4.76. The van der Waals surface area contributed by atoms with E-state index in [9.17, 15) is 8.78 Å². The van der Waals surface area contributed by atoms with Crippen LogP contribution in [0.3, 0.4) is 0 Å². The minimum absolute atomic E-state index is 0.125. The van der Waals surface area contributed by atoms with E-state index < -0.39 is 23.3 Å². The molecule has 2 nitrogen and oxygen atoms in total. The fourth-order valence-corrected chi connectivity index (χ4v) is 2.92. The largest absolute Gasteiger partial charge is 0.376 e. The molecule has 0 amide bonds. The van der Waals surface area contributed by atoms with Gasteiger partial charge >= 0.3 is 0 Å². The average Bonchev–Trinajstić information content (AvgIpc) is 2.39. The van der Waals surface area contributed by atoms with Gasteiger partial charge in [0.25, 0.3) is 0 Å². The first-order valence-corrected chi connectivity index (χ1v) is 7.28. The highest BCUT2D eigenvalue weighted by molar-refractivity contribution is 5.32. The summed E-state index contributed by atoms with van der Waals surface area (Å²) in [7, 11) is 1.63. The molecule has 20 heavy (non-hydrogen) atoms. The predicted molar refractivity (Wildman–Crippen MR) is 75.7 cm³/mol. The molecule has 1 unspecified atom stereocenters. The molecule has 1 saturated carbocycles. The molecule has 1 aliphatic carbocycles. The lowest BCUT2D eigenvalue weighted by Gasteiger charge is -2.47. The van der Waals surface area contributed by atoms with E-state index in [1.807, 2.05) is 6.92 Å². The second kappa shape index (κ2) is 6.19. The number of nitrogens with one attached hydrogen (secondary N) is 1. The number of rotatable bonds is 6. The van der Waals surface area contributed by atoms with Crippen LogP contribution in [0.5, 0.6) is 0 Å². The molecule has 4 heteroatoms. The molecule has 1 fully saturated rings. The van der Waals surface area contributed by atoms with Crippen molar-refractivity contribution in [2.75, 3.05) is 13.7 Å². The monoisotopic (exact) mass is 283 g/mol. The molecule has 0 radical (unpaired) electrons. The van der Waals surface area contributed by atoms with Gasteiger partial charge in [-0.05, 0) is 50.8 Å². The van der Waals surface area contributed by atoms with Crippen LogP contribution in [0.2, 0.25) is 0 Å². The number of benzene rings is 1. The maximum absolute atomic E-state index is 14.4. The van der Waals surface area contributed by atoms with Crippen molar-refractivity contribution >= 4 is 0 Å². The Labute approximate surface area is 119 Å². The third-order valence-corrected chi connectivity index (χ3v) is 4.34. The first kappa shape index (κ1) is 15.4. The molecule has 0 heterocycles. The van der Waals surface area contributed by atoms with Crippen LogP contribution in [0.4, 0.5) is 8.78 Å². The molecule has 0 aromatic heterocycles. The summed E-state index contributed by atoms with van der Waals surface area (Å²) < 4.78 is 34.3. The molecular formula is C16H23F2NO. The maximum Gasteiger partial charge on any atom is 0.133 e. The molecule has 0 spiro atoms. The Hall–Kier alpha value is -1.00. The minimum Gasteiger partial charge on any atom is -0.376 e. The first-order valence-electron chi connectivity index (χ1n) is 7.28. The number of methoxy groups -OCH3 is 1. The Balaban J connectivity index is 2.43. The van der Waals surface area contributed by atoms with E-state index in [1.54, 1.807) is 14.0 Å². The zero-order chi connectivity index (χ0) is 14.8. The molecule has 112 valence electrons. The van der Waals surface area contributed by atoms with E-state index in [2.05, 4.69) is 5.32 Å². The van der Waals surface area contributed by atoms with Crippen molar-refractivity contribution in [1.82, 2.24) is 5.32 Å². The fraction of sp³-hybridized carbons (Fsp3) is 0.625. The number of aryl methyl sites for hydroxylation is 1. The van der Waals surface area contributed by atoms with E-state index in [1.165, 1.54) is 12.1 Å². The number of hydrogen-bond donors (Lipinski definition) is 1.